The van der Waals surface area contributed by atoms with E-state index < -0.39 is 6.29 Å². The predicted molar refractivity (Wildman–Crippen MR) is 178 cm³/mol. The number of aryl methyl sites for hydroxylation is 1. The van der Waals surface area contributed by atoms with Crippen molar-refractivity contribution < 1.29 is 19.4 Å². The molecule has 4 atom stereocenters. The van der Waals surface area contributed by atoms with Gasteiger partial charge in [0.25, 0.3) is 5.91 Å². The molecule has 230 valence electrons. The molecule has 9 heteroatoms. The minimum atomic E-state index is -0.571. The molecule has 7 nitrogen and oxygen atoms in total. The van der Waals surface area contributed by atoms with Crippen LogP contribution in [0.5, 0.6) is 0 Å². The molecule has 0 bridgehead atoms. The summed E-state index contributed by atoms with van der Waals surface area (Å²) in [6, 6.07) is 33.6. The zero-order chi connectivity index (χ0) is 31.2. The second-order valence-corrected chi connectivity index (χ2v) is 13.5. The van der Waals surface area contributed by atoms with Gasteiger partial charge in [-0.2, -0.15) is 0 Å². The molecule has 1 aliphatic heterocycles. The molecule has 5 aromatic rings. The third kappa shape index (κ3) is 7.69. The van der Waals surface area contributed by atoms with E-state index in [0.29, 0.717) is 12.1 Å². The molecular weight excluding hydrogens is 603 g/mol. The Morgan fingerprint density at radius 1 is 0.867 bits per heavy atom. The van der Waals surface area contributed by atoms with E-state index in [1.165, 1.54) is 0 Å². The first kappa shape index (κ1) is 31.1. The van der Waals surface area contributed by atoms with Crippen molar-refractivity contribution >= 4 is 29.0 Å². The van der Waals surface area contributed by atoms with E-state index in [9.17, 15) is 9.90 Å². The quantitative estimate of drug-likeness (QED) is 0.153. The van der Waals surface area contributed by atoms with Crippen LogP contribution in [-0.2, 0) is 22.6 Å². The van der Waals surface area contributed by atoms with E-state index in [2.05, 4.69) is 46.7 Å². The highest BCUT2D eigenvalue weighted by molar-refractivity contribution is 8.01. The van der Waals surface area contributed by atoms with Crippen molar-refractivity contribution in [3.63, 3.8) is 0 Å². The number of thioether (sulfide) groups is 1. The van der Waals surface area contributed by atoms with Gasteiger partial charge in [-0.1, -0.05) is 109 Å². The third-order valence-corrected chi connectivity index (χ3v) is 9.97. The van der Waals surface area contributed by atoms with Gasteiger partial charge in [-0.25, -0.2) is 0 Å². The predicted octanol–water partition coefficient (Wildman–Crippen LogP) is 7.52. The standard InChI is InChI=1S/C36H35N3O4S2/c1-23-32(22-44-36-39-38-24(2)45-36)42-35(43-33(23)27-16-14-25(21-40)15-17-27)31-13-7-12-30(19-31)29-11-6-8-26(18-29)20-37-34(41)28-9-4-3-5-10-28/h3-19,23,32-33,35,40H,20-22H2,1-2H3,(H,37,41). The van der Waals surface area contributed by atoms with Gasteiger partial charge in [-0.15, -0.1) is 10.2 Å². The fraction of sp³-hybridized carbons (Fsp3) is 0.250. The molecule has 1 aromatic heterocycles. The highest BCUT2D eigenvalue weighted by atomic mass is 32.2. The number of ether oxygens (including phenoxy) is 2. The van der Waals surface area contributed by atoms with Gasteiger partial charge in [0.05, 0.1) is 18.8 Å². The Morgan fingerprint density at radius 2 is 1.62 bits per heavy atom. The first-order valence-corrected chi connectivity index (χ1v) is 16.7. The number of nitrogens with zero attached hydrogens (tertiary/aromatic N) is 2. The molecule has 2 N–H and O–H groups in total. The Balaban J connectivity index is 1.22. The van der Waals surface area contributed by atoms with Crippen molar-refractivity contribution in [1.82, 2.24) is 15.5 Å². The zero-order valence-corrected chi connectivity index (χ0v) is 26.8. The lowest BCUT2D eigenvalue weighted by molar-refractivity contribution is -0.268. The van der Waals surface area contributed by atoms with Gasteiger partial charge in [-0.3, -0.25) is 4.79 Å². The highest BCUT2D eigenvalue weighted by Gasteiger charge is 2.38. The molecule has 0 aliphatic carbocycles. The molecular formula is C36H35N3O4S2. The van der Waals surface area contributed by atoms with Gasteiger partial charge >= 0.3 is 0 Å². The number of nitrogens with one attached hydrogen (secondary N) is 1. The SMILES string of the molecule is Cc1nnc(SCC2OC(c3cccc(-c4cccc(CNC(=O)c5ccccc5)c4)c3)OC(c3ccc(CO)cc3)C2C)s1. The summed E-state index contributed by atoms with van der Waals surface area (Å²) in [5.41, 5.74) is 6.58. The summed E-state index contributed by atoms with van der Waals surface area (Å²) in [6.07, 6.45) is -0.863. The highest BCUT2D eigenvalue weighted by Crippen LogP contribution is 2.43. The summed E-state index contributed by atoms with van der Waals surface area (Å²) in [5, 5.41) is 22.0. The van der Waals surface area contributed by atoms with Crippen LogP contribution in [0.25, 0.3) is 11.1 Å². The summed E-state index contributed by atoms with van der Waals surface area (Å²) in [7, 11) is 0. The molecule has 0 spiro atoms. The van der Waals surface area contributed by atoms with Gasteiger partial charge in [-0.05, 0) is 59.0 Å². The zero-order valence-electron chi connectivity index (χ0n) is 25.1. The Bertz CT molecular complexity index is 1730. The maximum Gasteiger partial charge on any atom is 0.251 e. The largest absolute Gasteiger partial charge is 0.392 e. The summed E-state index contributed by atoms with van der Waals surface area (Å²) >= 11 is 3.25. The summed E-state index contributed by atoms with van der Waals surface area (Å²) in [6.45, 7) is 4.55. The minimum absolute atomic E-state index is 0.00101. The van der Waals surface area contributed by atoms with Crippen molar-refractivity contribution in [2.45, 2.75) is 49.8 Å². The summed E-state index contributed by atoms with van der Waals surface area (Å²) in [4.78, 5) is 12.6. The van der Waals surface area contributed by atoms with Crippen molar-refractivity contribution in [3.8, 4) is 11.1 Å². The molecule has 6 rings (SSSR count). The average molecular weight is 638 g/mol. The molecule has 4 unspecified atom stereocenters. The van der Waals surface area contributed by atoms with Gasteiger partial charge in [0, 0.05) is 29.3 Å². The monoisotopic (exact) mass is 637 g/mol. The Labute approximate surface area is 271 Å². The maximum atomic E-state index is 12.6. The van der Waals surface area contributed by atoms with Crippen molar-refractivity contribution in [3.05, 3.63) is 136 Å². The molecule has 0 radical (unpaired) electrons. The number of carbonyl (C=O) groups is 1. The van der Waals surface area contributed by atoms with Crippen LogP contribution in [0, 0.1) is 12.8 Å². The summed E-state index contributed by atoms with van der Waals surface area (Å²) in [5.74, 6) is 0.698. The number of hydrogen-bond donors (Lipinski definition) is 2. The van der Waals surface area contributed by atoms with Gasteiger partial charge in [0.1, 0.15) is 5.01 Å². The van der Waals surface area contributed by atoms with E-state index in [0.717, 1.165) is 48.5 Å². The van der Waals surface area contributed by atoms with Gasteiger partial charge in [0.2, 0.25) is 0 Å². The first-order chi connectivity index (χ1) is 22.0. The molecule has 1 aliphatic rings. The Hall–Kier alpha value is -3.86. The molecule has 1 saturated heterocycles. The number of aliphatic hydroxyl groups is 1. The van der Waals surface area contributed by atoms with E-state index in [4.69, 9.17) is 9.47 Å². The lowest BCUT2D eigenvalue weighted by Crippen LogP contribution is -2.38. The maximum absolute atomic E-state index is 12.6. The van der Waals surface area contributed by atoms with E-state index >= 15 is 0 Å². The number of amides is 1. The minimum Gasteiger partial charge on any atom is -0.392 e. The average Bonchev–Trinajstić information content (AvgIpc) is 3.52. The molecule has 1 fully saturated rings. The third-order valence-electron chi connectivity index (χ3n) is 7.91. The topological polar surface area (TPSA) is 93.6 Å². The Morgan fingerprint density at radius 3 is 2.36 bits per heavy atom. The van der Waals surface area contributed by atoms with Crippen LogP contribution >= 0.6 is 23.1 Å². The van der Waals surface area contributed by atoms with Crippen LogP contribution in [0.4, 0.5) is 0 Å². The number of carbonyl (C=O) groups excluding carboxylic acids is 1. The van der Waals surface area contributed by atoms with Crippen molar-refractivity contribution in [2.24, 2.45) is 5.92 Å². The lowest BCUT2D eigenvalue weighted by atomic mass is 9.91. The van der Waals surface area contributed by atoms with E-state index in [-0.39, 0.29) is 30.6 Å². The smallest absolute Gasteiger partial charge is 0.251 e. The number of hydrogen-bond acceptors (Lipinski definition) is 8. The van der Waals surface area contributed by atoms with Crippen LogP contribution < -0.4 is 5.32 Å². The van der Waals surface area contributed by atoms with E-state index in [1.54, 1.807) is 23.1 Å². The van der Waals surface area contributed by atoms with Crippen LogP contribution in [0.15, 0.2) is 107 Å². The van der Waals surface area contributed by atoms with Crippen molar-refractivity contribution in [2.75, 3.05) is 5.75 Å². The molecule has 45 heavy (non-hydrogen) atoms. The number of aromatic nitrogens is 2. The second kappa shape index (κ2) is 14.5. The number of rotatable bonds is 10. The molecule has 0 saturated carbocycles. The summed E-state index contributed by atoms with van der Waals surface area (Å²) < 4.78 is 14.3. The molecule has 4 aromatic carbocycles. The fourth-order valence-electron chi connectivity index (χ4n) is 5.40. The second-order valence-electron chi connectivity index (χ2n) is 11.1. The van der Waals surface area contributed by atoms with Crippen LogP contribution in [-0.4, -0.2) is 33.1 Å². The van der Waals surface area contributed by atoms with E-state index in [1.807, 2.05) is 85.8 Å². The van der Waals surface area contributed by atoms with Gasteiger partial charge in [0.15, 0.2) is 10.6 Å². The number of aliphatic hydroxyl groups excluding tert-OH is 1. The normalized spacial score (nSPS) is 19.7. The molecule has 1 amide bonds. The fourth-order valence-corrected chi connectivity index (χ4v) is 7.40. The molecule has 2 heterocycles. The van der Waals surface area contributed by atoms with Crippen molar-refractivity contribution in [1.29, 1.82) is 0 Å². The Kier molecular flexibility index (Phi) is 10.0. The lowest BCUT2D eigenvalue weighted by Gasteiger charge is -2.41. The first-order valence-electron chi connectivity index (χ1n) is 14.9. The number of benzene rings is 4. The van der Waals surface area contributed by atoms with Gasteiger partial charge < -0.3 is 19.9 Å². The van der Waals surface area contributed by atoms with Crippen LogP contribution in [0.3, 0.4) is 0 Å². The van der Waals surface area contributed by atoms with Crippen LogP contribution in [0.2, 0.25) is 0 Å². The van der Waals surface area contributed by atoms with Crippen LogP contribution in [0.1, 0.15) is 56.9 Å².